The number of rotatable bonds is 3. The number of halogens is 1. The molecule has 1 aliphatic heterocycles. The molecule has 0 bridgehead atoms. The lowest BCUT2D eigenvalue weighted by Gasteiger charge is -2.14. The van der Waals surface area contributed by atoms with Crippen molar-refractivity contribution < 1.29 is 4.74 Å². The lowest BCUT2D eigenvalue weighted by molar-refractivity contribution is 0.185. The highest BCUT2D eigenvalue weighted by Gasteiger charge is 2.20. The summed E-state index contributed by atoms with van der Waals surface area (Å²) >= 11 is 6.20. The molecule has 1 fully saturated rings. The third-order valence-corrected chi connectivity index (χ3v) is 4.69. The largest absolute Gasteiger partial charge is 0.381 e. The molecular weight excluding hydrogens is 324 g/mol. The molecule has 1 aliphatic rings. The van der Waals surface area contributed by atoms with Gasteiger partial charge >= 0.3 is 5.69 Å². The van der Waals surface area contributed by atoms with Gasteiger partial charge in [0.25, 0.3) is 0 Å². The Morgan fingerprint density at radius 3 is 2.79 bits per heavy atom. The van der Waals surface area contributed by atoms with Gasteiger partial charge in [-0.25, -0.2) is 4.79 Å². The quantitative estimate of drug-likeness (QED) is 0.731. The first-order valence-corrected chi connectivity index (χ1v) is 8.44. The van der Waals surface area contributed by atoms with Crippen molar-refractivity contribution in [2.75, 3.05) is 13.2 Å². The van der Waals surface area contributed by atoms with Crippen molar-refractivity contribution in [3.63, 3.8) is 0 Å². The maximum absolute atomic E-state index is 12.7. The lowest BCUT2D eigenvalue weighted by Crippen LogP contribution is -2.24. The average molecular weight is 341 g/mol. The molecule has 0 N–H and O–H groups in total. The van der Waals surface area contributed by atoms with Crippen molar-refractivity contribution >= 4 is 22.5 Å². The zero-order valence-electron chi connectivity index (χ0n) is 13.1. The Bertz CT molecular complexity index is 931. The van der Waals surface area contributed by atoms with Crippen LogP contribution >= 0.6 is 11.6 Å². The molecule has 122 valence electrons. The zero-order valence-corrected chi connectivity index (χ0v) is 13.9. The number of hydrogen-bond donors (Lipinski definition) is 0. The van der Waals surface area contributed by atoms with Crippen molar-refractivity contribution in [3.8, 4) is 5.69 Å². The predicted octanol–water partition coefficient (Wildman–Crippen LogP) is 3.62. The highest BCUT2D eigenvalue weighted by molar-refractivity contribution is 6.31. The zero-order chi connectivity index (χ0) is 16.5. The van der Waals surface area contributed by atoms with Crippen LogP contribution in [0.5, 0.6) is 0 Å². The Morgan fingerprint density at radius 2 is 2.04 bits per heavy atom. The molecule has 1 aromatic heterocycles. The van der Waals surface area contributed by atoms with Crippen LogP contribution in [0.4, 0.5) is 0 Å². The van der Waals surface area contributed by atoms with Gasteiger partial charge in [-0.2, -0.15) is 4.98 Å². The van der Waals surface area contributed by atoms with Crippen LogP contribution < -0.4 is 5.69 Å². The van der Waals surface area contributed by atoms with Crippen LogP contribution in [0, 0.1) is 5.92 Å². The Balaban J connectivity index is 1.93. The molecule has 0 amide bonds. The van der Waals surface area contributed by atoms with Crippen molar-refractivity contribution in [3.05, 3.63) is 69.7 Å². The molecule has 1 saturated heterocycles. The third-order valence-electron chi connectivity index (χ3n) is 4.45. The minimum absolute atomic E-state index is 0.273. The summed E-state index contributed by atoms with van der Waals surface area (Å²) in [6, 6.07) is 15.2. The fourth-order valence-corrected chi connectivity index (χ4v) is 3.43. The molecule has 1 atom stereocenters. The maximum Gasteiger partial charge on any atom is 0.352 e. The van der Waals surface area contributed by atoms with Crippen LogP contribution in [-0.2, 0) is 11.2 Å². The Kier molecular flexibility index (Phi) is 4.08. The molecule has 5 heteroatoms. The van der Waals surface area contributed by atoms with Crippen molar-refractivity contribution in [1.29, 1.82) is 0 Å². The van der Waals surface area contributed by atoms with E-state index in [1.54, 1.807) is 4.57 Å². The smallest absolute Gasteiger partial charge is 0.352 e. The van der Waals surface area contributed by atoms with Crippen molar-refractivity contribution in [1.82, 2.24) is 9.55 Å². The number of ether oxygens (including phenoxy) is 1. The monoisotopic (exact) mass is 340 g/mol. The summed E-state index contributed by atoms with van der Waals surface area (Å²) in [6.45, 7) is 1.52. The van der Waals surface area contributed by atoms with Gasteiger partial charge in [-0.1, -0.05) is 29.8 Å². The molecule has 0 saturated carbocycles. The summed E-state index contributed by atoms with van der Waals surface area (Å²) in [5.41, 5.74) is 2.14. The van der Waals surface area contributed by atoms with Gasteiger partial charge in [0.05, 0.1) is 16.9 Å². The van der Waals surface area contributed by atoms with Gasteiger partial charge in [-0.05, 0) is 49.1 Å². The Labute approximate surface area is 144 Å². The SMILES string of the molecule is O=c1nc(CC2CCOC2)c2ccc(Cl)cc2n1-c1ccccc1. The van der Waals surface area contributed by atoms with Crippen LogP contribution in [-0.4, -0.2) is 22.8 Å². The minimum Gasteiger partial charge on any atom is -0.381 e. The second kappa shape index (κ2) is 6.38. The molecule has 0 spiro atoms. The second-order valence-electron chi connectivity index (χ2n) is 6.11. The number of nitrogens with zero attached hydrogens (tertiary/aromatic N) is 2. The predicted molar refractivity (Wildman–Crippen MR) is 95.0 cm³/mol. The first kappa shape index (κ1) is 15.4. The van der Waals surface area contributed by atoms with E-state index in [1.807, 2.05) is 48.5 Å². The number of benzene rings is 2. The van der Waals surface area contributed by atoms with E-state index in [9.17, 15) is 4.79 Å². The number of fused-ring (bicyclic) bond motifs is 1. The summed E-state index contributed by atoms with van der Waals surface area (Å²) < 4.78 is 7.07. The normalized spacial score (nSPS) is 17.5. The van der Waals surface area contributed by atoms with Crippen molar-refractivity contribution in [2.45, 2.75) is 12.8 Å². The molecule has 24 heavy (non-hydrogen) atoms. The Hall–Kier alpha value is -2.17. The number of hydrogen-bond acceptors (Lipinski definition) is 3. The van der Waals surface area contributed by atoms with Crippen LogP contribution in [0.25, 0.3) is 16.6 Å². The van der Waals surface area contributed by atoms with Gasteiger partial charge in [0.15, 0.2) is 0 Å². The summed E-state index contributed by atoms with van der Waals surface area (Å²) in [5.74, 6) is 0.420. The summed E-state index contributed by atoms with van der Waals surface area (Å²) in [4.78, 5) is 17.1. The highest BCUT2D eigenvalue weighted by atomic mass is 35.5. The summed E-state index contributed by atoms with van der Waals surface area (Å²) in [6.07, 6.45) is 1.77. The van der Waals surface area contributed by atoms with Gasteiger partial charge in [0.1, 0.15) is 0 Å². The molecule has 0 aliphatic carbocycles. The van der Waals surface area contributed by atoms with E-state index in [-0.39, 0.29) is 5.69 Å². The fourth-order valence-electron chi connectivity index (χ4n) is 3.26. The standard InChI is InChI=1S/C19H17ClN2O2/c20-14-6-7-16-17(10-13-8-9-24-12-13)21-19(23)22(18(16)11-14)15-4-2-1-3-5-15/h1-7,11,13H,8-10,12H2. The van der Waals surface area contributed by atoms with Crippen LogP contribution in [0.3, 0.4) is 0 Å². The van der Waals surface area contributed by atoms with Gasteiger partial charge in [-0.15, -0.1) is 0 Å². The number of aromatic nitrogens is 2. The molecule has 1 unspecified atom stereocenters. The van der Waals surface area contributed by atoms with Gasteiger partial charge < -0.3 is 4.74 Å². The summed E-state index contributed by atoms with van der Waals surface area (Å²) in [5, 5.41) is 1.57. The van der Waals surface area contributed by atoms with E-state index < -0.39 is 0 Å². The van der Waals surface area contributed by atoms with E-state index in [1.165, 1.54) is 0 Å². The van der Waals surface area contributed by atoms with E-state index in [0.29, 0.717) is 10.9 Å². The average Bonchev–Trinajstić information content (AvgIpc) is 3.08. The maximum atomic E-state index is 12.7. The van der Waals surface area contributed by atoms with Crippen LogP contribution in [0.2, 0.25) is 5.02 Å². The molecule has 4 rings (SSSR count). The van der Waals surface area contributed by atoms with E-state index in [2.05, 4.69) is 4.98 Å². The van der Waals surface area contributed by atoms with Gasteiger partial charge in [0, 0.05) is 23.6 Å². The molecule has 2 heterocycles. The molecular formula is C19H17ClN2O2. The van der Waals surface area contributed by atoms with Gasteiger partial charge in [-0.3, -0.25) is 4.57 Å². The van der Waals surface area contributed by atoms with Crippen molar-refractivity contribution in [2.24, 2.45) is 5.92 Å². The van der Waals surface area contributed by atoms with E-state index in [0.717, 1.165) is 48.3 Å². The molecule has 3 aromatic rings. The molecule has 2 aromatic carbocycles. The van der Waals surface area contributed by atoms with Crippen LogP contribution in [0.15, 0.2) is 53.3 Å². The first-order valence-electron chi connectivity index (χ1n) is 8.07. The minimum atomic E-state index is -0.273. The fraction of sp³-hybridized carbons (Fsp3) is 0.263. The van der Waals surface area contributed by atoms with E-state index >= 15 is 0 Å². The van der Waals surface area contributed by atoms with Crippen LogP contribution in [0.1, 0.15) is 12.1 Å². The van der Waals surface area contributed by atoms with Gasteiger partial charge in [0.2, 0.25) is 0 Å². The molecule has 0 radical (unpaired) electrons. The lowest BCUT2D eigenvalue weighted by atomic mass is 10.00. The summed E-state index contributed by atoms with van der Waals surface area (Å²) in [7, 11) is 0. The molecule has 4 nitrogen and oxygen atoms in total. The second-order valence-corrected chi connectivity index (χ2v) is 6.54. The number of para-hydroxylation sites is 1. The first-order chi connectivity index (χ1) is 11.7. The third kappa shape index (κ3) is 2.83. The van der Waals surface area contributed by atoms with E-state index in [4.69, 9.17) is 16.3 Å². The highest BCUT2D eigenvalue weighted by Crippen LogP contribution is 2.26. The topological polar surface area (TPSA) is 44.1 Å². The Morgan fingerprint density at radius 1 is 1.21 bits per heavy atom.